The van der Waals surface area contributed by atoms with Gasteiger partial charge in [0.05, 0.1) is 23.7 Å². The molecule has 8 heteroatoms. The van der Waals surface area contributed by atoms with Gasteiger partial charge in [-0.25, -0.2) is 0 Å². The minimum Gasteiger partial charge on any atom is -0.481 e. The van der Waals surface area contributed by atoms with E-state index in [9.17, 15) is 19.2 Å². The molecule has 4 fully saturated rings. The Morgan fingerprint density at radius 2 is 1.24 bits per heavy atom. The van der Waals surface area contributed by atoms with E-state index >= 15 is 0 Å². The molecule has 0 aromatic carbocycles. The van der Waals surface area contributed by atoms with Crippen molar-refractivity contribution in [2.24, 2.45) is 23.7 Å². The van der Waals surface area contributed by atoms with Crippen molar-refractivity contribution in [2.75, 3.05) is 0 Å². The fraction of sp³-hybridized carbons (Fsp3) is 0.760. The third-order valence-electron chi connectivity index (χ3n) is 5.24. The van der Waals surface area contributed by atoms with Gasteiger partial charge in [-0.1, -0.05) is 27.9 Å². The van der Waals surface area contributed by atoms with E-state index in [0.717, 1.165) is 0 Å². The molecule has 6 atom stereocenters. The van der Waals surface area contributed by atoms with Gasteiger partial charge in [-0.05, 0) is 60.3 Å². The molecule has 2 saturated carbocycles. The van der Waals surface area contributed by atoms with Crippen LogP contribution in [0.25, 0.3) is 0 Å². The van der Waals surface area contributed by atoms with Gasteiger partial charge in [-0.2, -0.15) is 0 Å². The molecule has 0 amide bonds. The van der Waals surface area contributed by atoms with Gasteiger partial charge in [0.2, 0.25) is 0 Å². The second-order valence-electron chi connectivity index (χ2n) is 9.57. The molecule has 2 aliphatic heterocycles. The van der Waals surface area contributed by atoms with Crippen molar-refractivity contribution in [3.05, 3.63) is 12.2 Å². The first-order chi connectivity index (χ1) is 13.8. The molecule has 2 aliphatic carbocycles. The molecule has 33 heavy (non-hydrogen) atoms. The normalized spacial score (nSPS) is 29.8. The summed E-state index contributed by atoms with van der Waals surface area (Å²) >= 11 is 0. The summed E-state index contributed by atoms with van der Waals surface area (Å²) in [6, 6.07) is 0. The number of aliphatic carboxylic acids is 1. The smallest absolute Gasteiger partial charge is 0.310 e. The van der Waals surface area contributed by atoms with Crippen molar-refractivity contribution in [1.82, 2.24) is 0 Å². The molecular weight excluding hydrogens is 428 g/mol. The summed E-state index contributed by atoms with van der Waals surface area (Å²) < 4.78 is 15.1. The molecule has 0 aromatic heterocycles. The lowest BCUT2D eigenvalue weighted by Gasteiger charge is -2.25. The first kappa shape index (κ1) is 32.8. The minimum absolute atomic E-state index is 0. The van der Waals surface area contributed by atoms with E-state index in [1.807, 2.05) is 34.6 Å². The Morgan fingerprint density at radius 1 is 0.879 bits per heavy atom. The van der Waals surface area contributed by atoms with Crippen LogP contribution in [0.5, 0.6) is 0 Å². The number of hydrogen-bond acceptors (Lipinski definition) is 7. The zero-order chi connectivity index (χ0) is 22.8. The van der Waals surface area contributed by atoms with Crippen LogP contribution in [0.15, 0.2) is 12.2 Å². The summed E-state index contributed by atoms with van der Waals surface area (Å²) in [6.07, 6.45) is 2.25. The Labute approximate surface area is 199 Å². The lowest BCUT2D eigenvalue weighted by molar-refractivity contribution is -0.169. The molecule has 8 nitrogen and oxygen atoms in total. The third-order valence-corrected chi connectivity index (χ3v) is 5.24. The highest BCUT2D eigenvalue weighted by Gasteiger charge is 2.52. The standard InChI is InChI=1S/C11H16O4.C7H8O4.C4H8.3CH4/c1-11(2,3)15-10(13)8-5-6-4-7(8)9(12)14-6;8-6(9)4-1-3-2-5(4)7(10)11-3;1-4(2)3;;;/h6-8H,4-5H2,1-3H3;3-5H,1-2H2,(H,8,9);1H2,2-3H3;3*1H4. The highest BCUT2D eigenvalue weighted by molar-refractivity contribution is 5.85. The molecular formula is C25H44O8. The quantitative estimate of drug-likeness (QED) is 0.346. The molecule has 0 aromatic rings. The topological polar surface area (TPSA) is 116 Å². The Morgan fingerprint density at radius 3 is 1.52 bits per heavy atom. The van der Waals surface area contributed by atoms with Gasteiger partial charge < -0.3 is 19.3 Å². The number of ether oxygens (including phenoxy) is 3. The van der Waals surface area contributed by atoms with Crippen molar-refractivity contribution in [3.8, 4) is 0 Å². The highest BCUT2D eigenvalue weighted by Crippen LogP contribution is 2.42. The van der Waals surface area contributed by atoms with E-state index in [2.05, 4.69) is 6.58 Å². The van der Waals surface area contributed by atoms with E-state index in [1.165, 1.54) is 5.57 Å². The van der Waals surface area contributed by atoms with E-state index in [4.69, 9.17) is 19.3 Å². The van der Waals surface area contributed by atoms with Crippen LogP contribution in [0.1, 0.15) is 82.6 Å². The lowest BCUT2D eigenvalue weighted by atomic mass is 9.96. The number of allylic oxidation sites excluding steroid dienone is 1. The number of rotatable bonds is 2. The van der Waals surface area contributed by atoms with Crippen molar-refractivity contribution in [2.45, 2.75) is 100 Å². The van der Waals surface area contributed by atoms with E-state index < -0.39 is 17.5 Å². The van der Waals surface area contributed by atoms with Gasteiger partial charge in [0.15, 0.2) is 0 Å². The predicted octanol–water partition coefficient (Wildman–Crippen LogP) is 4.79. The summed E-state index contributed by atoms with van der Waals surface area (Å²) in [5.41, 5.74) is 0.683. The van der Waals surface area contributed by atoms with Crippen LogP contribution in [-0.4, -0.2) is 46.8 Å². The van der Waals surface area contributed by atoms with Crippen LogP contribution in [0.3, 0.4) is 0 Å². The summed E-state index contributed by atoms with van der Waals surface area (Å²) in [6.45, 7) is 13.0. The number of carbonyl (C=O) groups is 4. The minimum atomic E-state index is -0.867. The Bertz CT molecular complexity index is 716. The van der Waals surface area contributed by atoms with Gasteiger partial charge in [0, 0.05) is 0 Å². The second-order valence-corrected chi connectivity index (χ2v) is 9.57. The van der Waals surface area contributed by atoms with Crippen molar-refractivity contribution in [1.29, 1.82) is 0 Å². The summed E-state index contributed by atoms with van der Waals surface area (Å²) in [5.74, 6) is -3.07. The second kappa shape index (κ2) is 12.8. The van der Waals surface area contributed by atoms with Gasteiger partial charge in [-0.3, -0.25) is 19.2 Å². The molecule has 2 saturated heterocycles. The van der Waals surface area contributed by atoms with E-state index in [1.54, 1.807) is 0 Å². The molecule has 6 unspecified atom stereocenters. The fourth-order valence-electron chi connectivity index (χ4n) is 4.11. The van der Waals surface area contributed by atoms with Crippen LogP contribution >= 0.6 is 0 Å². The molecule has 192 valence electrons. The van der Waals surface area contributed by atoms with Gasteiger partial charge in [0.25, 0.3) is 0 Å². The van der Waals surface area contributed by atoms with E-state index in [0.29, 0.717) is 25.7 Å². The van der Waals surface area contributed by atoms with Crippen LogP contribution in [0.2, 0.25) is 0 Å². The molecule has 0 radical (unpaired) electrons. The Kier molecular flexibility index (Phi) is 12.7. The molecule has 4 rings (SSSR count). The summed E-state index contributed by atoms with van der Waals surface area (Å²) in [4.78, 5) is 44.4. The van der Waals surface area contributed by atoms with Crippen LogP contribution in [-0.2, 0) is 33.4 Å². The van der Waals surface area contributed by atoms with Crippen molar-refractivity contribution in [3.63, 3.8) is 0 Å². The number of esters is 3. The van der Waals surface area contributed by atoms with Crippen LogP contribution < -0.4 is 0 Å². The molecule has 2 heterocycles. The maximum absolute atomic E-state index is 11.8. The molecule has 4 aliphatic rings. The number of carbonyl (C=O) groups excluding carboxylic acids is 3. The maximum Gasteiger partial charge on any atom is 0.310 e. The SMILES string of the molecule is C.C.C.C=C(C)C.CC(C)(C)OC(=O)C1CC2CC1C(=O)O2.O=C(O)C1CC2CC1C(=O)O2. The Hall–Kier alpha value is -2.38. The summed E-state index contributed by atoms with van der Waals surface area (Å²) in [7, 11) is 0. The van der Waals surface area contributed by atoms with Gasteiger partial charge in [-0.15, -0.1) is 6.58 Å². The third kappa shape index (κ3) is 8.82. The largest absolute Gasteiger partial charge is 0.481 e. The molecule has 1 N–H and O–H groups in total. The van der Waals surface area contributed by atoms with Crippen molar-refractivity contribution < 1.29 is 38.5 Å². The predicted molar refractivity (Wildman–Crippen MR) is 126 cm³/mol. The molecule has 4 bridgehead atoms. The Balaban J connectivity index is 0. The number of fused-ring (bicyclic) bond motifs is 4. The maximum atomic E-state index is 11.8. The molecule has 0 spiro atoms. The highest BCUT2D eigenvalue weighted by atomic mass is 16.6. The van der Waals surface area contributed by atoms with E-state index in [-0.39, 0.29) is 70.1 Å². The van der Waals surface area contributed by atoms with Crippen LogP contribution in [0.4, 0.5) is 0 Å². The first-order valence-corrected chi connectivity index (χ1v) is 10.3. The lowest BCUT2D eigenvalue weighted by Crippen LogP contribution is -2.34. The first-order valence-electron chi connectivity index (χ1n) is 10.3. The fourth-order valence-corrected chi connectivity index (χ4v) is 4.11. The number of carboxylic acid groups (broad SMARTS) is 1. The zero-order valence-corrected chi connectivity index (χ0v) is 18.3. The van der Waals surface area contributed by atoms with Gasteiger partial charge in [0.1, 0.15) is 17.8 Å². The van der Waals surface area contributed by atoms with Crippen LogP contribution in [0, 0.1) is 23.7 Å². The zero-order valence-electron chi connectivity index (χ0n) is 18.3. The number of carboxylic acids is 1. The van der Waals surface area contributed by atoms with Gasteiger partial charge >= 0.3 is 23.9 Å². The average Bonchev–Trinajstić information content (AvgIpc) is 3.31. The number of hydrogen-bond donors (Lipinski definition) is 1. The summed E-state index contributed by atoms with van der Waals surface area (Å²) in [5, 5.41) is 8.65. The monoisotopic (exact) mass is 472 g/mol. The average molecular weight is 473 g/mol. The van der Waals surface area contributed by atoms with Crippen molar-refractivity contribution >= 4 is 23.9 Å².